The molecule has 0 saturated carbocycles. The van der Waals surface area contributed by atoms with E-state index in [1.54, 1.807) is 0 Å². The van der Waals surface area contributed by atoms with E-state index in [-0.39, 0.29) is 45.1 Å². The Morgan fingerprint density at radius 3 is 1.07 bits per heavy atom. The molecule has 0 amide bonds. The molecule has 12 nitrogen and oxygen atoms in total. The van der Waals surface area contributed by atoms with E-state index in [2.05, 4.69) is 9.97 Å². The molecule has 0 fully saturated rings. The van der Waals surface area contributed by atoms with E-state index in [4.69, 9.17) is 52.8 Å². The van der Waals surface area contributed by atoms with Crippen LogP contribution in [0, 0.1) is 0 Å². The fourth-order valence-electron chi connectivity index (χ4n) is 6.00. The number of hydrogen-bond acceptors (Lipinski definition) is 10. The zero-order valence-corrected chi connectivity index (χ0v) is 24.7. The van der Waals surface area contributed by atoms with Crippen molar-refractivity contribution in [3.8, 4) is 45.6 Å². The maximum Gasteiger partial charge on any atom is 1.00 e. The largest absolute Gasteiger partial charge is 1.00 e. The summed E-state index contributed by atoms with van der Waals surface area (Å²) in [5.41, 5.74) is 31.8. The maximum atomic E-state index is 6.56. The number of nitrogens with two attached hydrogens (primary N) is 4. The summed E-state index contributed by atoms with van der Waals surface area (Å²) in [4.78, 5) is 36.4. The predicted octanol–water partition coefficient (Wildman–Crippen LogP) is 5.20. The van der Waals surface area contributed by atoms with E-state index in [0.29, 0.717) is 56.7 Å². The van der Waals surface area contributed by atoms with Crippen LogP contribution in [-0.2, 0) is 22.4 Å². The first-order chi connectivity index (χ1) is 21.5. The number of nitrogens with one attached hydrogen (secondary N) is 2. The first kappa shape index (κ1) is 26.8. The Labute approximate surface area is 269 Å². The third kappa shape index (κ3) is 3.77. The van der Waals surface area contributed by atoms with Crippen molar-refractivity contribution in [3.63, 3.8) is 0 Å². The molecule has 45 heavy (non-hydrogen) atoms. The second-order valence-corrected chi connectivity index (χ2v) is 10.7. The van der Waals surface area contributed by atoms with Gasteiger partial charge in [-0.25, -0.2) is 29.9 Å². The quantitative estimate of drug-likeness (QED) is 0.0909. The molecule has 3 aromatic heterocycles. The molecular formula is C32H22AgN12+. The number of rotatable bonds is 0. The fourth-order valence-corrected chi connectivity index (χ4v) is 6.00. The van der Waals surface area contributed by atoms with Gasteiger partial charge in [0.15, 0.2) is 23.3 Å². The summed E-state index contributed by atoms with van der Waals surface area (Å²) in [6.45, 7) is 0. The second-order valence-electron chi connectivity index (χ2n) is 10.7. The van der Waals surface area contributed by atoms with Crippen molar-refractivity contribution in [1.82, 2.24) is 39.9 Å². The monoisotopic (exact) mass is 681 g/mol. The van der Waals surface area contributed by atoms with Crippen molar-refractivity contribution in [3.05, 3.63) is 72.8 Å². The molecule has 10 N–H and O–H groups in total. The molecule has 220 valence electrons. The van der Waals surface area contributed by atoms with Crippen molar-refractivity contribution in [2.75, 3.05) is 22.9 Å². The van der Waals surface area contributed by atoms with Gasteiger partial charge in [0.1, 0.15) is 22.6 Å². The number of aromatic amines is 2. The Hall–Kier alpha value is -5.82. The van der Waals surface area contributed by atoms with Crippen molar-refractivity contribution in [2.24, 2.45) is 0 Å². The summed E-state index contributed by atoms with van der Waals surface area (Å²) in [6.07, 6.45) is 0. The second kappa shape index (κ2) is 9.59. The van der Waals surface area contributed by atoms with Gasteiger partial charge in [-0.15, -0.1) is 0 Å². The summed E-state index contributed by atoms with van der Waals surface area (Å²) in [5.74, 6) is 1.88. The zero-order chi connectivity index (χ0) is 29.7. The van der Waals surface area contributed by atoms with Crippen molar-refractivity contribution in [2.45, 2.75) is 0 Å². The van der Waals surface area contributed by atoms with Crippen LogP contribution in [0.1, 0.15) is 0 Å². The molecule has 0 atom stereocenters. The number of nitrogens with zero attached hydrogens (tertiary/aromatic N) is 6. The number of anilines is 4. The van der Waals surface area contributed by atoms with Crippen molar-refractivity contribution >= 4 is 66.9 Å². The van der Waals surface area contributed by atoms with E-state index in [9.17, 15) is 0 Å². The van der Waals surface area contributed by atoms with Crippen LogP contribution in [0.4, 0.5) is 22.7 Å². The summed E-state index contributed by atoms with van der Waals surface area (Å²) in [5, 5.41) is 2.78. The van der Waals surface area contributed by atoms with Gasteiger partial charge in [0.2, 0.25) is 0 Å². The van der Waals surface area contributed by atoms with Crippen LogP contribution in [0.5, 0.6) is 0 Å². The SMILES string of the molecule is Nc1c(N)c(N)c2c3nc4nc(nc5[nH]c(nc6nc(nc([nH]3)c2c1N)-c1ccccc1-6)c1ccccc51)-c1ccccc1-4.[Ag+]. The smallest absolute Gasteiger partial charge is 0.396 e. The Balaban J connectivity index is 0.00000300. The summed E-state index contributed by atoms with van der Waals surface area (Å²) in [7, 11) is 0. The van der Waals surface area contributed by atoms with Gasteiger partial charge >= 0.3 is 22.4 Å². The molecule has 8 bridgehead atoms. The van der Waals surface area contributed by atoms with E-state index in [1.165, 1.54) is 0 Å². The van der Waals surface area contributed by atoms with Crippen LogP contribution in [-0.4, -0.2) is 39.9 Å². The van der Waals surface area contributed by atoms with Gasteiger partial charge in [-0.05, 0) is 0 Å². The van der Waals surface area contributed by atoms with Crippen LogP contribution < -0.4 is 22.9 Å². The van der Waals surface area contributed by atoms with Crippen molar-refractivity contribution < 1.29 is 22.4 Å². The van der Waals surface area contributed by atoms with E-state index < -0.39 is 0 Å². The summed E-state index contributed by atoms with van der Waals surface area (Å²) < 4.78 is 0. The maximum absolute atomic E-state index is 6.56. The molecule has 0 saturated heterocycles. The van der Waals surface area contributed by atoms with Crippen LogP contribution >= 0.6 is 0 Å². The van der Waals surface area contributed by atoms with E-state index in [0.717, 1.165) is 33.0 Å². The molecule has 4 aromatic carbocycles. The van der Waals surface area contributed by atoms with Gasteiger partial charge < -0.3 is 32.9 Å². The van der Waals surface area contributed by atoms with E-state index >= 15 is 0 Å². The van der Waals surface area contributed by atoms with Crippen LogP contribution in [0.15, 0.2) is 72.8 Å². The topological polar surface area (TPSA) is 213 Å². The third-order valence-corrected chi connectivity index (χ3v) is 8.16. The Morgan fingerprint density at radius 1 is 0.378 bits per heavy atom. The van der Waals surface area contributed by atoms with Gasteiger partial charge in [0.25, 0.3) is 0 Å². The van der Waals surface area contributed by atoms with Gasteiger partial charge in [0, 0.05) is 33.0 Å². The van der Waals surface area contributed by atoms with Crippen molar-refractivity contribution in [1.29, 1.82) is 0 Å². The molecule has 0 unspecified atom stereocenters. The van der Waals surface area contributed by atoms with Gasteiger partial charge in [-0.2, -0.15) is 0 Å². The number of H-pyrrole nitrogens is 2. The molecule has 9 rings (SSSR count). The zero-order valence-electron chi connectivity index (χ0n) is 23.2. The molecule has 7 aromatic rings. The molecule has 5 heterocycles. The predicted molar refractivity (Wildman–Crippen MR) is 174 cm³/mol. The van der Waals surface area contributed by atoms with Crippen LogP contribution in [0.2, 0.25) is 0 Å². The number of benzene rings is 4. The number of nitrogen functional groups attached to an aromatic ring is 4. The number of hydrogen-bond donors (Lipinski definition) is 6. The minimum Gasteiger partial charge on any atom is -0.396 e. The van der Waals surface area contributed by atoms with Gasteiger partial charge in [0.05, 0.1) is 33.5 Å². The van der Waals surface area contributed by atoms with E-state index in [1.807, 2.05) is 72.8 Å². The Kier molecular flexibility index (Phi) is 5.71. The first-order valence-electron chi connectivity index (χ1n) is 13.8. The molecule has 0 spiro atoms. The van der Waals surface area contributed by atoms with Crippen LogP contribution in [0.25, 0.3) is 89.7 Å². The Morgan fingerprint density at radius 2 is 0.689 bits per heavy atom. The molecule has 13 heteroatoms. The molecular weight excluding hydrogens is 660 g/mol. The van der Waals surface area contributed by atoms with Gasteiger partial charge in [-0.3, -0.25) is 0 Å². The molecule has 2 aliphatic heterocycles. The number of aromatic nitrogens is 8. The minimum absolute atomic E-state index is 0. The summed E-state index contributed by atoms with van der Waals surface area (Å²) in [6, 6.07) is 23.5. The normalized spacial score (nSPS) is 11.7. The average molecular weight is 682 g/mol. The Bertz CT molecular complexity index is 2400. The standard InChI is InChI=1S/C32H22N12.Ag/c33-21-19-20(22(34)24(36)23(21)35)32-43-30-18-12-6-4-10-16(18)28(41-30)39-26-14-8-2-1-7-13(14)25(37-26)38-27-15-9-3-5-11-17(15)29(40-27)42-31(19)44-32;/h1-12H,33-36H2,(H2,37,38,39,40,41,42,43,44);/q;+1. The minimum atomic E-state index is 0. The fraction of sp³-hybridized carbons (Fsp3) is 0. The number of fused-ring (bicyclic) bond motifs is 20. The van der Waals surface area contributed by atoms with Gasteiger partial charge in [-0.1, -0.05) is 72.8 Å². The first-order valence-corrected chi connectivity index (χ1v) is 13.8. The third-order valence-electron chi connectivity index (χ3n) is 8.16. The summed E-state index contributed by atoms with van der Waals surface area (Å²) >= 11 is 0. The average Bonchev–Trinajstić information content (AvgIpc) is 3.78. The molecule has 0 aliphatic carbocycles. The molecule has 0 radical (unpaired) electrons. The van der Waals surface area contributed by atoms with Crippen LogP contribution in [0.3, 0.4) is 0 Å². The molecule has 2 aliphatic rings.